The van der Waals surface area contributed by atoms with Crippen LogP contribution in [-0.4, -0.2) is 26.0 Å². The highest BCUT2D eigenvalue weighted by molar-refractivity contribution is 9.10. The molecule has 0 unspecified atom stereocenters. The average molecular weight is 354 g/mol. The molecule has 1 fully saturated rings. The Bertz CT molecular complexity index is 562. The van der Waals surface area contributed by atoms with Gasteiger partial charge in [0, 0.05) is 11.0 Å². The van der Waals surface area contributed by atoms with E-state index in [0.717, 1.165) is 17.8 Å². The smallest absolute Gasteiger partial charge is 0.310 e. The Labute approximate surface area is 117 Å². The van der Waals surface area contributed by atoms with Crippen LogP contribution < -0.4 is 4.72 Å². The Morgan fingerprint density at radius 3 is 2.61 bits per heavy atom. The van der Waals surface area contributed by atoms with Crippen LogP contribution >= 0.6 is 27.3 Å². The molecule has 18 heavy (non-hydrogen) atoms. The van der Waals surface area contributed by atoms with Crippen molar-refractivity contribution < 1.29 is 18.3 Å². The third-order valence-corrected chi connectivity index (χ3v) is 7.26. The van der Waals surface area contributed by atoms with Crippen molar-refractivity contribution >= 4 is 43.3 Å². The van der Waals surface area contributed by atoms with Crippen molar-refractivity contribution in [2.24, 2.45) is 5.41 Å². The fraction of sp³-hybridized carbons (Fsp3) is 0.500. The van der Waals surface area contributed by atoms with Gasteiger partial charge in [-0.15, -0.1) is 11.3 Å². The van der Waals surface area contributed by atoms with Crippen molar-refractivity contribution in [1.29, 1.82) is 0 Å². The van der Waals surface area contributed by atoms with Gasteiger partial charge in [-0.1, -0.05) is 6.42 Å². The number of carboxylic acid groups (broad SMARTS) is 1. The third-order valence-electron chi connectivity index (χ3n) is 3.19. The number of halogens is 1. The fourth-order valence-electron chi connectivity index (χ4n) is 1.84. The van der Waals surface area contributed by atoms with E-state index in [1.807, 2.05) is 0 Å². The molecule has 1 aliphatic rings. The SMILES string of the molecule is O=C(O)C1(CNS(=O)(=O)c2sccc2Br)CCC1. The molecule has 1 saturated carbocycles. The van der Waals surface area contributed by atoms with Crippen LogP contribution in [0, 0.1) is 5.41 Å². The number of nitrogens with one attached hydrogen (secondary N) is 1. The summed E-state index contributed by atoms with van der Waals surface area (Å²) in [4.78, 5) is 11.1. The number of thiophene rings is 1. The van der Waals surface area contributed by atoms with Crippen molar-refractivity contribution in [1.82, 2.24) is 4.72 Å². The number of sulfonamides is 1. The zero-order chi connectivity index (χ0) is 13.4. The van der Waals surface area contributed by atoms with E-state index in [-0.39, 0.29) is 10.8 Å². The molecule has 5 nitrogen and oxygen atoms in total. The highest BCUT2D eigenvalue weighted by Gasteiger charge is 2.45. The van der Waals surface area contributed by atoms with E-state index in [2.05, 4.69) is 20.7 Å². The molecule has 1 aromatic rings. The van der Waals surface area contributed by atoms with Gasteiger partial charge >= 0.3 is 5.97 Å². The standard InChI is InChI=1S/C10H12BrNO4S2/c11-7-2-5-17-8(7)18(15,16)12-6-10(9(13)14)3-1-4-10/h2,5,12H,1,3-4,6H2,(H,13,14). The van der Waals surface area contributed by atoms with Gasteiger partial charge in [-0.2, -0.15) is 0 Å². The van der Waals surface area contributed by atoms with E-state index >= 15 is 0 Å². The van der Waals surface area contributed by atoms with E-state index in [0.29, 0.717) is 17.3 Å². The highest BCUT2D eigenvalue weighted by Crippen LogP contribution is 2.41. The van der Waals surface area contributed by atoms with E-state index < -0.39 is 21.4 Å². The van der Waals surface area contributed by atoms with Crippen LogP contribution in [0.3, 0.4) is 0 Å². The number of aliphatic carboxylic acids is 1. The number of rotatable bonds is 5. The molecule has 1 heterocycles. The third kappa shape index (κ3) is 2.47. The van der Waals surface area contributed by atoms with Gasteiger partial charge in [-0.25, -0.2) is 13.1 Å². The van der Waals surface area contributed by atoms with Gasteiger partial charge in [0.2, 0.25) is 0 Å². The summed E-state index contributed by atoms with van der Waals surface area (Å²) in [6.07, 6.45) is 1.88. The molecule has 100 valence electrons. The predicted molar refractivity (Wildman–Crippen MR) is 71.1 cm³/mol. The second-order valence-corrected chi connectivity index (χ2v) is 8.05. The van der Waals surface area contributed by atoms with Crippen molar-refractivity contribution in [2.45, 2.75) is 23.5 Å². The lowest BCUT2D eigenvalue weighted by Crippen LogP contribution is -2.47. The minimum Gasteiger partial charge on any atom is -0.481 e. The number of hydrogen-bond donors (Lipinski definition) is 2. The lowest BCUT2D eigenvalue weighted by Gasteiger charge is -2.37. The summed E-state index contributed by atoms with van der Waals surface area (Å²) >= 11 is 4.25. The molecule has 8 heteroatoms. The Kier molecular flexibility index (Phi) is 3.82. The van der Waals surface area contributed by atoms with Crippen LogP contribution in [0.2, 0.25) is 0 Å². The van der Waals surface area contributed by atoms with Crippen LogP contribution in [0.5, 0.6) is 0 Å². The van der Waals surface area contributed by atoms with E-state index in [9.17, 15) is 13.2 Å². The quantitative estimate of drug-likeness (QED) is 0.848. The Morgan fingerprint density at radius 1 is 1.56 bits per heavy atom. The molecule has 0 bridgehead atoms. The Balaban J connectivity index is 2.11. The average Bonchev–Trinajstić information content (AvgIpc) is 2.62. The normalized spacial score (nSPS) is 18.3. The Morgan fingerprint density at radius 2 is 2.22 bits per heavy atom. The maximum atomic E-state index is 12.0. The van der Waals surface area contributed by atoms with Gasteiger partial charge in [0.15, 0.2) is 0 Å². The molecule has 0 spiro atoms. The van der Waals surface area contributed by atoms with Gasteiger partial charge < -0.3 is 5.11 Å². The largest absolute Gasteiger partial charge is 0.481 e. The van der Waals surface area contributed by atoms with Crippen LogP contribution in [-0.2, 0) is 14.8 Å². The zero-order valence-corrected chi connectivity index (χ0v) is 12.6. The van der Waals surface area contributed by atoms with Crippen molar-refractivity contribution in [3.63, 3.8) is 0 Å². The molecule has 0 aromatic carbocycles. The lowest BCUT2D eigenvalue weighted by molar-refractivity contribution is -0.153. The number of carboxylic acids is 1. The Hall–Kier alpha value is -0.440. The summed E-state index contributed by atoms with van der Waals surface area (Å²) in [5, 5.41) is 10.8. The molecule has 2 rings (SSSR count). The maximum Gasteiger partial charge on any atom is 0.310 e. The summed E-state index contributed by atoms with van der Waals surface area (Å²) < 4.78 is 27.1. The first kappa shape index (κ1) is 14.0. The number of hydrogen-bond acceptors (Lipinski definition) is 4. The molecule has 0 aliphatic heterocycles. The van der Waals surface area contributed by atoms with Crippen molar-refractivity contribution in [2.75, 3.05) is 6.54 Å². The second-order valence-electron chi connectivity index (χ2n) is 4.32. The molecule has 0 saturated heterocycles. The minimum atomic E-state index is -3.63. The molecule has 0 radical (unpaired) electrons. The summed E-state index contributed by atoms with van der Waals surface area (Å²) in [5.74, 6) is -0.929. The summed E-state index contributed by atoms with van der Waals surface area (Å²) in [6.45, 7) is -0.0466. The predicted octanol–water partition coefficient (Wildman–Crippen LogP) is 2.04. The maximum absolute atomic E-state index is 12.0. The lowest BCUT2D eigenvalue weighted by atomic mass is 9.69. The minimum absolute atomic E-state index is 0.0466. The summed E-state index contributed by atoms with van der Waals surface area (Å²) in [5.41, 5.74) is -0.920. The molecule has 1 aromatic heterocycles. The van der Waals surface area contributed by atoms with E-state index in [1.54, 1.807) is 11.4 Å². The van der Waals surface area contributed by atoms with Gasteiger partial charge in [0.05, 0.1) is 5.41 Å². The van der Waals surface area contributed by atoms with Crippen molar-refractivity contribution in [3.05, 3.63) is 15.9 Å². The zero-order valence-electron chi connectivity index (χ0n) is 9.35. The molecular weight excluding hydrogens is 342 g/mol. The van der Waals surface area contributed by atoms with Crippen LogP contribution in [0.1, 0.15) is 19.3 Å². The highest BCUT2D eigenvalue weighted by atomic mass is 79.9. The second kappa shape index (κ2) is 4.92. The van der Waals surface area contributed by atoms with Crippen molar-refractivity contribution in [3.8, 4) is 0 Å². The monoisotopic (exact) mass is 353 g/mol. The van der Waals surface area contributed by atoms with Gasteiger partial charge in [0.1, 0.15) is 4.21 Å². The molecule has 0 atom stereocenters. The van der Waals surface area contributed by atoms with E-state index in [4.69, 9.17) is 5.11 Å². The van der Waals surface area contributed by atoms with Gasteiger partial charge in [0.25, 0.3) is 10.0 Å². The van der Waals surface area contributed by atoms with Crippen LogP contribution in [0.25, 0.3) is 0 Å². The van der Waals surface area contributed by atoms with E-state index in [1.165, 1.54) is 0 Å². The van der Waals surface area contributed by atoms with Crippen LogP contribution in [0.15, 0.2) is 20.1 Å². The molecule has 0 amide bonds. The molecule has 1 aliphatic carbocycles. The summed E-state index contributed by atoms with van der Waals surface area (Å²) in [6, 6.07) is 1.65. The summed E-state index contributed by atoms with van der Waals surface area (Å²) in [7, 11) is -3.63. The first-order chi connectivity index (χ1) is 8.37. The van der Waals surface area contributed by atoms with Gasteiger partial charge in [-0.05, 0) is 40.2 Å². The fourth-order valence-corrected chi connectivity index (χ4v) is 5.35. The van der Waals surface area contributed by atoms with Gasteiger partial charge in [-0.3, -0.25) is 4.79 Å². The molecular formula is C10H12BrNO4S2. The topological polar surface area (TPSA) is 83.5 Å². The number of carbonyl (C=O) groups is 1. The van der Waals surface area contributed by atoms with Crippen LogP contribution in [0.4, 0.5) is 0 Å². The first-order valence-corrected chi connectivity index (χ1v) is 8.49. The molecule has 2 N–H and O–H groups in total. The first-order valence-electron chi connectivity index (χ1n) is 5.33.